The number of hydrogen-bond donors (Lipinski definition) is 0. The van der Waals surface area contributed by atoms with Gasteiger partial charge in [0.25, 0.3) is 0 Å². The van der Waals surface area contributed by atoms with E-state index in [1.807, 2.05) is 37.3 Å². The highest BCUT2D eigenvalue weighted by Crippen LogP contribution is 2.32. The molecule has 23 heavy (non-hydrogen) atoms. The van der Waals surface area contributed by atoms with Crippen LogP contribution in [0.1, 0.15) is 26.7 Å². The summed E-state index contributed by atoms with van der Waals surface area (Å²) in [4.78, 5) is 16.9. The average Bonchev–Trinajstić information content (AvgIpc) is 2.56. The van der Waals surface area contributed by atoms with Crippen LogP contribution in [0.4, 0.5) is 0 Å². The van der Waals surface area contributed by atoms with E-state index < -0.39 is 5.97 Å². The molecule has 0 radical (unpaired) electrons. The van der Waals surface area contributed by atoms with Crippen molar-refractivity contribution in [1.82, 2.24) is 0 Å². The van der Waals surface area contributed by atoms with Gasteiger partial charge in [-0.25, -0.2) is 4.79 Å². The van der Waals surface area contributed by atoms with E-state index in [0.717, 1.165) is 0 Å². The van der Waals surface area contributed by atoms with Crippen molar-refractivity contribution in [2.45, 2.75) is 26.7 Å². The predicted molar refractivity (Wildman–Crippen MR) is 88.2 cm³/mol. The molecule has 0 saturated heterocycles. The van der Waals surface area contributed by atoms with Gasteiger partial charge >= 0.3 is 5.97 Å². The Hall–Kier alpha value is -2.56. The van der Waals surface area contributed by atoms with Crippen LogP contribution in [0.15, 0.2) is 58.0 Å². The Morgan fingerprint density at radius 3 is 2.30 bits per heavy atom. The number of hydrogen-bond acceptors (Lipinski definition) is 5. The first-order valence-corrected chi connectivity index (χ1v) is 7.36. The lowest BCUT2D eigenvalue weighted by Gasteiger charge is -2.23. The van der Waals surface area contributed by atoms with E-state index in [0.29, 0.717) is 29.9 Å². The summed E-state index contributed by atoms with van der Waals surface area (Å²) in [5.41, 5.74) is 3.26. The molecular weight excluding hydrogens is 294 g/mol. The number of allylic oxidation sites excluding steroid dienone is 2. The number of para-hydroxylation sites is 1. The molecule has 0 amide bonds. The number of oxime groups is 1. The van der Waals surface area contributed by atoms with E-state index in [4.69, 9.17) is 14.3 Å². The minimum Gasteiger partial charge on any atom is -0.464 e. The number of ether oxygens (including phenoxy) is 2. The Kier molecular flexibility index (Phi) is 5.57. The topological polar surface area (TPSA) is 57.1 Å². The Morgan fingerprint density at radius 2 is 1.70 bits per heavy atom. The summed E-state index contributed by atoms with van der Waals surface area (Å²) in [7, 11) is 2.72. The molecule has 0 unspecified atom stereocenters. The normalized spacial score (nSPS) is 15.6. The quantitative estimate of drug-likeness (QED) is 0.360. The summed E-state index contributed by atoms with van der Waals surface area (Å²) in [6.07, 6.45) is 1.20. The number of nitrogens with zero attached hydrogens (tertiary/aromatic N) is 1. The molecule has 2 rings (SSSR count). The first-order valence-electron chi connectivity index (χ1n) is 7.36. The van der Waals surface area contributed by atoms with Crippen molar-refractivity contribution in [1.29, 1.82) is 0 Å². The molecule has 0 bridgehead atoms. The molecule has 5 nitrogen and oxygen atoms in total. The zero-order valence-corrected chi connectivity index (χ0v) is 13.9. The van der Waals surface area contributed by atoms with Crippen LogP contribution in [0.5, 0.6) is 5.75 Å². The molecule has 0 spiro atoms. The summed E-state index contributed by atoms with van der Waals surface area (Å²) in [6, 6.07) is 9.46. The summed E-state index contributed by atoms with van der Waals surface area (Å²) in [5.74, 6) is 0.873. The molecule has 1 aromatic rings. The summed E-state index contributed by atoms with van der Waals surface area (Å²) >= 11 is 0. The van der Waals surface area contributed by atoms with Crippen LogP contribution in [-0.4, -0.2) is 25.9 Å². The molecule has 0 fully saturated rings. The Morgan fingerprint density at radius 1 is 1.04 bits per heavy atom. The molecule has 0 N–H and O–H groups in total. The van der Waals surface area contributed by atoms with Crippen molar-refractivity contribution in [3.05, 3.63) is 52.8 Å². The van der Waals surface area contributed by atoms with Crippen molar-refractivity contribution in [2.75, 3.05) is 14.2 Å². The zero-order chi connectivity index (χ0) is 16.8. The maximum Gasteiger partial charge on any atom is 0.360 e. The molecule has 0 atom stereocenters. The molecular formula is C18H21NO4. The average molecular weight is 315 g/mol. The molecule has 1 aliphatic carbocycles. The number of benzene rings is 1. The predicted octanol–water partition coefficient (Wildman–Crippen LogP) is 3.63. The third-order valence-corrected chi connectivity index (χ3v) is 3.76. The van der Waals surface area contributed by atoms with Crippen molar-refractivity contribution < 1.29 is 19.1 Å². The molecule has 0 saturated carbocycles. The summed E-state index contributed by atoms with van der Waals surface area (Å²) in [5, 5.41) is 3.85. The van der Waals surface area contributed by atoms with Crippen LogP contribution in [0, 0.1) is 0 Å². The maximum absolute atomic E-state index is 12.0. The molecule has 0 aliphatic heterocycles. The second kappa shape index (κ2) is 7.63. The van der Waals surface area contributed by atoms with Crippen LogP contribution < -0.4 is 4.74 Å². The number of rotatable bonds is 5. The van der Waals surface area contributed by atoms with E-state index in [2.05, 4.69) is 12.1 Å². The Labute approximate surface area is 136 Å². The van der Waals surface area contributed by atoms with Crippen molar-refractivity contribution in [2.24, 2.45) is 5.16 Å². The van der Waals surface area contributed by atoms with Gasteiger partial charge in [0.05, 0.1) is 7.11 Å². The van der Waals surface area contributed by atoms with Gasteiger partial charge in [0.2, 0.25) is 0 Å². The van der Waals surface area contributed by atoms with Gasteiger partial charge in [0.15, 0.2) is 5.71 Å². The minimum atomic E-state index is -0.539. The maximum atomic E-state index is 12.0. The first-order chi connectivity index (χ1) is 11.1. The lowest BCUT2D eigenvalue weighted by atomic mass is 9.89. The highest BCUT2D eigenvalue weighted by atomic mass is 16.6. The van der Waals surface area contributed by atoms with Gasteiger partial charge < -0.3 is 14.3 Å². The third-order valence-electron chi connectivity index (χ3n) is 3.76. The van der Waals surface area contributed by atoms with Gasteiger partial charge in [-0.05, 0) is 32.4 Å². The fourth-order valence-corrected chi connectivity index (χ4v) is 2.36. The van der Waals surface area contributed by atoms with E-state index in [1.54, 1.807) is 0 Å². The number of carbonyl (C=O) groups is 1. The molecule has 0 heterocycles. The third kappa shape index (κ3) is 4.00. The Bertz CT molecular complexity index is 672. The fraction of sp³-hybridized carbons (Fsp3) is 0.333. The van der Waals surface area contributed by atoms with E-state index in [9.17, 15) is 4.79 Å². The van der Waals surface area contributed by atoms with Gasteiger partial charge in [-0.2, -0.15) is 0 Å². The van der Waals surface area contributed by atoms with Crippen LogP contribution >= 0.6 is 0 Å². The summed E-state index contributed by atoms with van der Waals surface area (Å²) < 4.78 is 10.8. The molecule has 5 heteroatoms. The molecule has 122 valence electrons. The van der Waals surface area contributed by atoms with E-state index in [-0.39, 0.29) is 5.71 Å². The van der Waals surface area contributed by atoms with Crippen LogP contribution in [0.2, 0.25) is 0 Å². The molecule has 1 aliphatic rings. The van der Waals surface area contributed by atoms with Gasteiger partial charge in [-0.1, -0.05) is 34.5 Å². The summed E-state index contributed by atoms with van der Waals surface area (Å²) in [6.45, 7) is 4.10. The second-order valence-electron chi connectivity index (χ2n) is 5.35. The van der Waals surface area contributed by atoms with Crippen molar-refractivity contribution in [3.63, 3.8) is 0 Å². The van der Waals surface area contributed by atoms with Crippen molar-refractivity contribution in [3.8, 4) is 5.75 Å². The zero-order valence-electron chi connectivity index (χ0n) is 13.9. The van der Waals surface area contributed by atoms with Crippen LogP contribution in [-0.2, 0) is 14.4 Å². The van der Waals surface area contributed by atoms with Crippen LogP contribution in [0.25, 0.3) is 0 Å². The number of esters is 1. The second-order valence-corrected chi connectivity index (χ2v) is 5.35. The molecule has 0 aromatic heterocycles. The first kappa shape index (κ1) is 16.8. The van der Waals surface area contributed by atoms with E-state index in [1.165, 1.54) is 25.4 Å². The van der Waals surface area contributed by atoms with Gasteiger partial charge in [-0.15, -0.1) is 0 Å². The number of methoxy groups -OCH3 is 1. The largest absolute Gasteiger partial charge is 0.464 e. The lowest BCUT2D eigenvalue weighted by molar-refractivity contribution is -0.132. The highest BCUT2D eigenvalue weighted by molar-refractivity contribution is 6.43. The van der Waals surface area contributed by atoms with Crippen LogP contribution in [0.3, 0.4) is 0 Å². The standard InChI is InChI=1S/C18H21NO4/c1-12-10-15(17(19-22-4)18(20)21-3)16(11-13(12)2)23-14-8-6-5-7-9-14/h5-9H,10-11H2,1-4H3/b19-17-. The van der Waals surface area contributed by atoms with Crippen molar-refractivity contribution >= 4 is 11.7 Å². The van der Waals surface area contributed by atoms with Gasteiger partial charge in [0.1, 0.15) is 18.6 Å². The fourth-order valence-electron chi connectivity index (χ4n) is 2.36. The number of carbonyl (C=O) groups excluding carboxylic acids is 1. The Balaban J connectivity index is 2.44. The minimum absolute atomic E-state index is 0.146. The monoisotopic (exact) mass is 315 g/mol. The lowest BCUT2D eigenvalue weighted by Crippen LogP contribution is -2.23. The smallest absolute Gasteiger partial charge is 0.360 e. The SMILES string of the molecule is CO/N=C(\C(=O)OC)C1=C(Oc2ccccc2)CC(C)=C(C)C1. The van der Waals surface area contributed by atoms with Gasteiger partial charge in [-0.3, -0.25) is 0 Å². The molecule has 1 aromatic carbocycles. The van der Waals surface area contributed by atoms with E-state index >= 15 is 0 Å². The highest BCUT2D eigenvalue weighted by Gasteiger charge is 2.27. The van der Waals surface area contributed by atoms with Gasteiger partial charge in [0, 0.05) is 12.0 Å².